The summed E-state index contributed by atoms with van der Waals surface area (Å²) in [4.78, 5) is 0. The first-order valence-electron chi connectivity index (χ1n) is 5.18. The Balaban J connectivity index is 2.48. The molecule has 0 radical (unpaired) electrons. The molecule has 0 amide bonds. The predicted octanol–water partition coefficient (Wildman–Crippen LogP) is 1.49. The van der Waals surface area contributed by atoms with E-state index in [-0.39, 0.29) is 5.95 Å². The van der Waals surface area contributed by atoms with Crippen LogP contribution in [0.3, 0.4) is 0 Å². The van der Waals surface area contributed by atoms with Crippen molar-refractivity contribution in [3.63, 3.8) is 0 Å². The summed E-state index contributed by atoms with van der Waals surface area (Å²) < 4.78 is 13.8. The predicted molar refractivity (Wildman–Crippen MR) is 63.1 cm³/mol. The molecule has 2 heteroatoms. The Kier molecular flexibility index (Phi) is 2.00. The monoisotopic (exact) mass is 211 g/mol. The van der Waals surface area contributed by atoms with E-state index < -0.39 is 0 Å². The van der Waals surface area contributed by atoms with Gasteiger partial charge in [0.1, 0.15) is 0 Å². The lowest BCUT2D eigenvalue weighted by Gasteiger charge is -2.15. The SMILES string of the molecule is FC1=c2ccccc2=C2C=CC=CC=C2N1. The molecular weight excluding hydrogens is 201 g/mol. The highest BCUT2D eigenvalue weighted by Crippen LogP contribution is 2.15. The summed E-state index contributed by atoms with van der Waals surface area (Å²) in [7, 11) is 0. The minimum Gasteiger partial charge on any atom is -0.331 e. The topological polar surface area (TPSA) is 12.0 Å². The molecule has 1 aromatic carbocycles. The Labute approximate surface area is 92.6 Å². The fourth-order valence-corrected chi connectivity index (χ4v) is 1.99. The van der Waals surface area contributed by atoms with Gasteiger partial charge in [-0.15, -0.1) is 0 Å². The molecule has 1 nitrogen and oxygen atoms in total. The molecule has 0 saturated heterocycles. The maximum absolute atomic E-state index is 13.8. The van der Waals surface area contributed by atoms with Crippen LogP contribution in [0.2, 0.25) is 0 Å². The van der Waals surface area contributed by atoms with E-state index in [0.717, 1.165) is 16.5 Å². The Morgan fingerprint density at radius 3 is 2.62 bits per heavy atom. The molecule has 0 aromatic heterocycles. The third-order valence-electron chi connectivity index (χ3n) is 2.74. The van der Waals surface area contributed by atoms with E-state index in [4.69, 9.17) is 0 Å². The molecule has 1 aliphatic carbocycles. The van der Waals surface area contributed by atoms with Gasteiger partial charge >= 0.3 is 0 Å². The number of fused-ring (bicyclic) bond motifs is 2. The maximum Gasteiger partial charge on any atom is 0.199 e. The third-order valence-corrected chi connectivity index (χ3v) is 2.74. The van der Waals surface area contributed by atoms with Gasteiger partial charge in [0.25, 0.3) is 0 Å². The largest absolute Gasteiger partial charge is 0.331 e. The third kappa shape index (κ3) is 1.31. The second-order valence-corrected chi connectivity index (χ2v) is 3.72. The summed E-state index contributed by atoms with van der Waals surface area (Å²) in [5, 5.41) is 4.35. The van der Waals surface area contributed by atoms with E-state index in [1.807, 2.05) is 48.6 Å². The lowest BCUT2D eigenvalue weighted by molar-refractivity contribution is 0.686. The molecule has 0 fully saturated rings. The normalized spacial score (nSPS) is 17.2. The molecule has 0 spiro atoms. The van der Waals surface area contributed by atoms with E-state index >= 15 is 0 Å². The van der Waals surface area contributed by atoms with Gasteiger partial charge in [0.05, 0.1) is 0 Å². The van der Waals surface area contributed by atoms with E-state index in [9.17, 15) is 4.39 Å². The standard InChI is InChI=1S/C14H10FN/c15-14-12-8-5-4-6-10(12)11-7-2-1-3-9-13(11)16-14/h1-9,16H. The number of hydrogen-bond donors (Lipinski definition) is 1. The van der Waals surface area contributed by atoms with Crippen molar-refractivity contribution in [2.45, 2.75) is 0 Å². The van der Waals surface area contributed by atoms with Gasteiger partial charge in [-0.25, -0.2) is 0 Å². The van der Waals surface area contributed by atoms with Crippen molar-refractivity contribution < 1.29 is 4.39 Å². The fourth-order valence-electron chi connectivity index (χ4n) is 1.99. The highest BCUT2D eigenvalue weighted by Gasteiger charge is 2.12. The molecule has 16 heavy (non-hydrogen) atoms. The van der Waals surface area contributed by atoms with Crippen LogP contribution in [0.5, 0.6) is 0 Å². The minimum absolute atomic E-state index is 0.283. The molecule has 1 aliphatic heterocycles. The van der Waals surface area contributed by atoms with E-state index in [0.29, 0.717) is 5.22 Å². The Bertz CT molecular complexity index is 648. The summed E-state index contributed by atoms with van der Waals surface area (Å²) in [6.07, 6.45) is 9.66. The van der Waals surface area contributed by atoms with Gasteiger partial charge < -0.3 is 5.32 Å². The van der Waals surface area contributed by atoms with Crippen LogP contribution in [0.15, 0.2) is 60.3 Å². The van der Waals surface area contributed by atoms with Crippen LogP contribution in [-0.4, -0.2) is 0 Å². The van der Waals surface area contributed by atoms with Gasteiger partial charge in [0, 0.05) is 16.5 Å². The Hall–Kier alpha value is -2.09. The van der Waals surface area contributed by atoms with Crippen LogP contribution in [-0.2, 0) is 0 Å². The molecule has 1 aromatic rings. The quantitative estimate of drug-likeness (QED) is 0.641. The van der Waals surface area contributed by atoms with Crippen LogP contribution >= 0.6 is 0 Å². The highest BCUT2D eigenvalue weighted by atomic mass is 19.1. The van der Waals surface area contributed by atoms with Crippen LogP contribution in [0.4, 0.5) is 4.39 Å². The fraction of sp³-hybridized carbons (Fsp3) is 0. The average Bonchev–Trinajstić information content (AvgIpc) is 2.55. The molecule has 78 valence electrons. The lowest BCUT2D eigenvalue weighted by atomic mass is 10.0. The van der Waals surface area contributed by atoms with Crippen LogP contribution in [0, 0.1) is 0 Å². The van der Waals surface area contributed by atoms with Crippen molar-refractivity contribution in [1.29, 1.82) is 0 Å². The van der Waals surface area contributed by atoms with Crippen molar-refractivity contribution in [1.82, 2.24) is 5.32 Å². The summed E-state index contributed by atoms with van der Waals surface area (Å²) in [6.45, 7) is 0. The molecule has 0 atom stereocenters. The minimum atomic E-state index is -0.283. The smallest absolute Gasteiger partial charge is 0.199 e. The van der Waals surface area contributed by atoms with E-state index in [2.05, 4.69) is 5.32 Å². The number of allylic oxidation sites excluding steroid dienone is 5. The van der Waals surface area contributed by atoms with Crippen LogP contribution in [0.25, 0.3) is 11.5 Å². The van der Waals surface area contributed by atoms with Crippen molar-refractivity contribution >= 4 is 11.5 Å². The molecule has 1 N–H and O–H groups in total. The average molecular weight is 211 g/mol. The van der Waals surface area contributed by atoms with E-state index in [1.54, 1.807) is 6.07 Å². The van der Waals surface area contributed by atoms with Gasteiger partial charge in [0.2, 0.25) is 0 Å². The van der Waals surface area contributed by atoms with Crippen molar-refractivity contribution in [3.05, 3.63) is 70.8 Å². The van der Waals surface area contributed by atoms with Gasteiger partial charge in [-0.1, -0.05) is 42.5 Å². The van der Waals surface area contributed by atoms with Crippen molar-refractivity contribution in [2.75, 3.05) is 0 Å². The van der Waals surface area contributed by atoms with Gasteiger partial charge in [-0.2, -0.15) is 4.39 Å². The molecule has 0 saturated carbocycles. The highest BCUT2D eigenvalue weighted by molar-refractivity contribution is 5.77. The number of hydrogen-bond acceptors (Lipinski definition) is 1. The zero-order chi connectivity index (χ0) is 11.0. The molecule has 0 bridgehead atoms. The summed E-state index contributed by atoms with van der Waals surface area (Å²) in [5.74, 6) is -0.283. The van der Waals surface area contributed by atoms with E-state index in [1.165, 1.54) is 0 Å². The molecule has 1 heterocycles. The molecule has 0 unspecified atom stereocenters. The Morgan fingerprint density at radius 1 is 0.938 bits per heavy atom. The Morgan fingerprint density at radius 2 is 1.75 bits per heavy atom. The second kappa shape index (κ2) is 3.49. The van der Waals surface area contributed by atoms with Crippen LogP contribution in [0.1, 0.15) is 0 Å². The molecule has 3 rings (SSSR count). The van der Waals surface area contributed by atoms with Gasteiger partial charge in [-0.05, 0) is 17.4 Å². The number of halogens is 1. The maximum atomic E-state index is 13.8. The first-order valence-corrected chi connectivity index (χ1v) is 5.18. The summed E-state index contributed by atoms with van der Waals surface area (Å²) in [5.41, 5.74) is 1.84. The van der Waals surface area contributed by atoms with Crippen molar-refractivity contribution in [3.8, 4) is 0 Å². The van der Waals surface area contributed by atoms with Crippen molar-refractivity contribution in [2.24, 2.45) is 0 Å². The number of benzene rings is 1. The molecular formula is C14H10FN. The number of rotatable bonds is 0. The lowest BCUT2D eigenvalue weighted by Crippen LogP contribution is -2.37. The summed E-state index contributed by atoms with van der Waals surface area (Å²) >= 11 is 0. The second-order valence-electron chi connectivity index (χ2n) is 3.72. The zero-order valence-corrected chi connectivity index (χ0v) is 8.57. The first kappa shape index (κ1) is 9.16. The number of nitrogens with one attached hydrogen (secondary N) is 1. The van der Waals surface area contributed by atoms with Gasteiger partial charge in [-0.3, -0.25) is 0 Å². The zero-order valence-electron chi connectivity index (χ0n) is 8.57. The van der Waals surface area contributed by atoms with Gasteiger partial charge in [0.15, 0.2) is 5.95 Å². The molecule has 2 aliphatic rings. The summed E-state index contributed by atoms with van der Waals surface area (Å²) in [6, 6.07) is 7.49. The first-order chi connectivity index (χ1) is 7.86. The van der Waals surface area contributed by atoms with Crippen LogP contribution < -0.4 is 15.8 Å².